The largest absolute Gasteiger partial charge is 0.508 e. The molecule has 2 nitrogen and oxygen atoms in total. The predicted molar refractivity (Wildman–Crippen MR) is 148 cm³/mol. The fraction of sp³-hybridized carbons (Fsp3) is 0.647. The Hall–Kier alpha value is -1.96. The van der Waals surface area contributed by atoms with Gasteiger partial charge in [0.25, 0.3) is 0 Å². The first-order valence-electron chi connectivity index (χ1n) is 14.8. The zero-order valence-corrected chi connectivity index (χ0v) is 23.2. The van der Waals surface area contributed by atoms with Crippen LogP contribution in [0, 0.1) is 5.92 Å². The summed E-state index contributed by atoms with van der Waals surface area (Å²) in [6.07, 6.45) is 13.6. The van der Waals surface area contributed by atoms with Crippen LogP contribution in [0.5, 0.6) is 11.5 Å². The van der Waals surface area contributed by atoms with Crippen molar-refractivity contribution in [1.29, 1.82) is 0 Å². The molecule has 0 amide bonds. The standard InChI is InChI=1S/C34H46O2/c1-21-33(4,5)27-17-25(23-14-10-7-11-15-23)31(36)19-29(27)34(21)20-32(2,3)26-16-24(30(35)18-28(26)34)22-12-8-6-9-13-22/h16-19,21-23,35-36H,6-15,20H2,1-5H3. The lowest BCUT2D eigenvalue weighted by Gasteiger charge is -2.38. The third kappa shape index (κ3) is 3.35. The lowest BCUT2D eigenvalue weighted by molar-refractivity contribution is 0.241. The number of fused-ring (bicyclic) bond motifs is 4. The van der Waals surface area contributed by atoms with Gasteiger partial charge in [-0.3, -0.25) is 0 Å². The van der Waals surface area contributed by atoms with Crippen LogP contribution < -0.4 is 0 Å². The average molecular weight is 487 g/mol. The van der Waals surface area contributed by atoms with E-state index in [1.54, 1.807) is 0 Å². The van der Waals surface area contributed by atoms with Crippen molar-refractivity contribution >= 4 is 0 Å². The van der Waals surface area contributed by atoms with Crippen molar-refractivity contribution in [2.45, 2.75) is 133 Å². The molecule has 2 N–H and O–H groups in total. The van der Waals surface area contributed by atoms with Gasteiger partial charge in [-0.2, -0.15) is 0 Å². The van der Waals surface area contributed by atoms with Gasteiger partial charge in [0.1, 0.15) is 11.5 Å². The Morgan fingerprint density at radius 3 is 1.56 bits per heavy atom. The van der Waals surface area contributed by atoms with Crippen LogP contribution in [0.2, 0.25) is 0 Å². The van der Waals surface area contributed by atoms with E-state index in [9.17, 15) is 10.2 Å². The van der Waals surface area contributed by atoms with Crippen molar-refractivity contribution in [2.24, 2.45) is 5.92 Å². The molecule has 36 heavy (non-hydrogen) atoms. The molecule has 6 rings (SSSR count). The molecule has 2 aromatic carbocycles. The highest BCUT2D eigenvalue weighted by Crippen LogP contribution is 2.67. The van der Waals surface area contributed by atoms with Gasteiger partial charge in [-0.1, -0.05) is 85.3 Å². The lowest BCUT2D eigenvalue weighted by Crippen LogP contribution is -2.36. The van der Waals surface area contributed by atoms with Crippen LogP contribution in [0.4, 0.5) is 0 Å². The summed E-state index contributed by atoms with van der Waals surface area (Å²) in [4.78, 5) is 0. The monoisotopic (exact) mass is 486 g/mol. The van der Waals surface area contributed by atoms with E-state index in [0.717, 1.165) is 6.42 Å². The molecular formula is C34H46O2. The summed E-state index contributed by atoms with van der Waals surface area (Å²) in [5.74, 6) is 2.35. The molecule has 4 aliphatic carbocycles. The van der Waals surface area contributed by atoms with Gasteiger partial charge in [0, 0.05) is 5.41 Å². The van der Waals surface area contributed by atoms with Crippen LogP contribution in [-0.2, 0) is 16.2 Å². The molecule has 2 fully saturated rings. The summed E-state index contributed by atoms with van der Waals surface area (Å²) in [5.41, 5.74) is 7.68. The predicted octanol–water partition coefficient (Wildman–Crippen LogP) is 9.09. The Morgan fingerprint density at radius 2 is 1.06 bits per heavy atom. The topological polar surface area (TPSA) is 40.5 Å². The van der Waals surface area contributed by atoms with Crippen molar-refractivity contribution < 1.29 is 10.2 Å². The molecule has 194 valence electrons. The molecule has 1 spiro atoms. The van der Waals surface area contributed by atoms with Crippen LogP contribution in [0.25, 0.3) is 0 Å². The molecule has 2 aromatic rings. The van der Waals surface area contributed by atoms with Crippen LogP contribution in [-0.4, -0.2) is 10.2 Å². The van der Waals surface area contributed by atoms with E-state index in [0.29, 0.717) is 29.3 Å². The zero-order chi connectivity index (χ0) is 25.5. The van der Waals surface area contributed by atoms with E-state index < -0.39 is 0 Å². The molecule has 0 heterocycles. The quantitative estimate of drug-likeness (QED) is 0.444. The number of aromatic hydroxyl groups is 2. The van der Waals surface area contributed by atoms with Gasteiger partial charge in [0.05, 0.1) is 0 Å². The van der Waals surface area contributed by atoms with Gasteiger partial charge in [-0.15, -0.1) is 0 Å². The Kier molecular flexibility index (Phi) is 5.60. The van der Waals surface area contributed by atoms with Crippen molar-refractivity contribution in [1.82, 2.24) is 0 Å². The fourth-order valence-electron chi connectivity index (χ4n) is 9.12. The molecule has 0 aliphatic heterocycles. The number of rotatable bonds is 2. The molecule has 2 heteroatoms. The van der Waals surface area contributed by atoms with E-state index in [2.05, 4.69) is 58.9 Å². The first kappa shape index (κ1) is 24.4. The van der Waals surface area contributed by atoms with Gasteiger partial charge in [0.2, 0.25) is 0 Å². The average Bonchev–Trinajstić information content (AvgIpc) is 3.18. The van der Waals surface area contributed by atoms with Crippen LogP contribution in [0.15, 0.2) is 24.3 Å². The third-order valence-corrected chi connectivity index (χ3v) is 11.4. The maximum Gasteiger partial charge on any atom is 0.119 e. The maximum absolute atomic E-state index is 11.4. The highest BCUT2D eigenvalue weighted by Gasteiger charge is 2.61. The summed E-state index contributed by atoms with van der Waals surface area (Å²) >= 11 is 0. The lowest BCUT2D eigenvalue weighted by atomic mass is 9.65. The fourth-order valence-corrected chi connectivity index (χ4v) is 9.12. The Bertz CT molecular complexity index is 1160. The Balaban J connectivity index is 1.53. The van der Waals surface area contributed by atoms with Crippen molar-refractivity contribution in [3.05, 3.63) is 57.6 Å². The van der Waals surface area contributed by atoms with E-state index in [1.807, 2.05) is 0 Å². The van der Waals surface area contributed by atoms with Gasteiger partial charge in [-0.25, -0.2) is 0 Å². The molecule has 0 radical (unpaired) electrons. The number of phenols is 2. The summed E-state index contributed by atoms with van der Waals surface area (Å²) in [5, 5.41) is 22.8. The molecule has 2 atom stereocenters. The summed E-state index contributed by atoms with van der Waals surface area (Å²) in [6, 6.07) is 9.10. The molecule has 0 bridgehead atoms. The number of hydrogen-bond acceptors (Lipinski definition) is 2. The van der Waals surface area contributed by atoms with E-state index in [1.165, 1.54) is 97.6 Å². The molecule has 0 aromatic heterocycles. The molecule has 2 saturated carbocycles. The Labute approximate surface area is 218 Å². The zero-order valence-electron chi connectivity index (χ0n) is 23.2. The minimum absolute atomic E-state index is 0.00179. The second-order valence-electron chi connectivity index (χ2n) is 14.1. The molecule has 0 saturated heterocycles. The van der Waals surface area contributed by atoms with Crippen LogP contribution in [0.1, 0.15) is 150 Å². The highest BCUT2D eigenvalue weighted by molar-refractivity contribution is 5.65. The minimum atomic E-state index is -0.178. The maximum atomic E-state index is 11.4. The van der Waals surface area contributed by atoms with Crippen LogP contribution >= 0.6 is 0 Å². The van der Waals surface area contributed by atoms with Crippen molar-refractivity contribution in [2.75, 3.05) is 0 Å². The smallest absolute Gasteiger partial charge is 0.119 e. The highest BCUT2D eigenvalue weighted by atomic mass is 16.3. The van der Waals surface area contributed by atoms with E-state index >= 15 is 0 Å². The van der Waals surface area contributed by atoms with Gasteiger partial charge >= 0.3 is 0 Å². The first-order valence-corrected chi connectivity index (χ1v) is 14.8. The van der Waals surface area contributed by atoms with Crippen molar-refractivity contribution in [3.8, 4) is 11.5 Å². The van der Waals surface area contributed by atoms with Gasteiger partial charge < -0.3 is 10.2 Å². The van der Waals surface area contributed by atoms with Crippen molar-refractivity contribution in [3.63, 3.8) is 0 Å². The van der Waals surface area contributed by atoms with Gasteiger partial charge in [-0.05, 0) is 106 Å². The van der Waals surface area contributed by atoms with E-state index in [-0.39, 0.29) is 16.2 Å². The molecular weight excluding hydrogens is 440 g/mol. The summed E-state index contributed by atoms with van der Waals surface area (Å²) < 4.78 is 0. The molecule has 4 aliphatic rings. The number of hydrogen-bond donors (Lipinski definition) is 2. The van der Waals surface area contributed by atoms with Gasteiger partial charge in [0.15, 0.2) is 0 Å². The Morgan fingerprint density at radius 1 is 0.611 bits per heavy atom. The first-order chi connectivity index (χ1) is 17.1. The second-order valence-corrected chi connectivity index (χ2v) is 14.1. The van der Waals surface area contributed by atoms with E-state index in [4.69, 9.17) is 0 Å². The SMILES string of the molecule is CC1C(C)(C)c2cc(C3CCCCC3)c(O)cc2C12CC(C)(C)c1cc(C3CCCCC3)c(O)cc12. The van der Waals surface area contributed by atoms with Crippen LogP contribution in [0.3, 0.4) is 0 Å². The number of phenolic OH excluding ortho intramolecular Hbond substituents is 2. The molecule has 2 unspecified atom stereocenters. The minimum Gasteiger partial charge on any atom is -0.508 e. The summed E-state index contributed by atoms with van der Waals surface area (Å²) in [6.45, 7) is 12.0. The number of benzene rings is 2. The summed E-state index contributed by atoms with van der Waals surface area (Å²) in [7, 11) is 0. The second kappa shape index (κ2) is 8.27. The third-order valence-electron chi connectivity index (χ3n) is 11.4. The normalized spacial score (nSPS) is 29.4.